The van der Waals surface area contributed by atoms with Crippen LogP contribution in [0.25, 0.3) is 0 Å². The van der Waals surface area contributed by atoms with Gasteiger partial charge < -0.3 is 10.4 Å². The molecule has 0 aliphatic carbocycles. The van der Waals surface area contributed by atoms with Crippen molar-refractivity contribution in [2.75, 3.05) is 18.1 Å². The Morgan fingerprint density at radius 1 is 1.57 bits per heavy atom. The van der Waals surface area contributed by atoms with Crippen LogP contribution in [0.4, 0.5) is 0 Å². The maximum absolute atomic E-state index is 11.3. The highest BCUT2D eigenvalue weighted by Crippen LogP contribution is 2.12. The van der Waals surface area contributed by atoms with Crippen LogP contribution in [0.1, 0.15) is 26.2 Å². The molecule has 1 saturated heterocycles. The molecule has 2 N–H and O–H groups in total. The Bertz CT molecular complexity index is 263. The van der Waals surface area contributed by atoms with Crippen LogP contribution < -0.4 is 5.32 Å². The fraction of sp³-hybridized carbons (Fsp3) is 1.00. The minimum atomic E-state index is -2.82. The standard InChI is InChI=1S/C9H19NO3S/c1-8(4-5-11)10-9-3-2-6-14(12,13)7-9/h8-11H,2-7H2,1H3. The first-order chi connectivity index (χ1) is 6.53. The van der Waals surface area contributed by atoms with Crippen LogP contribution in [0.5, 0.6) is 0 Å². The number of rotatable bonds is 4. The van der Waals surface area contributed by atoms with Crippen molar-refractivity contribution >= 4 is 9.84 Å². The number of aliphatic hydroxyl groups is 1. The quantitative estimate of drug-likeness (QED) is 0.697. The molecule has 1 aliphatic heterocycles. The molecule has 0 aromatic carbocycles. The number of sulfone groups is 1. The van der Waals surface area contributed by atoms with Crippen molar-refractivity contribution in [3.63, 3.8) is 0 Å². The molecule has 14 heavy (non-hydrogen) atoms. The molecule has 1 rings (SSSR count). The lowest BCUT2D eigenvalue weighted by Gasteiger charge is -2.26. The third kappa shape index (κ3) is 3.94. The van der Waals surface area contributed by atoms with Crippen LogP contribution in [0.3, 0.4) is 0 Å². The summed E-state index contributed by atoms with van der Waals surface area (Å²) in [5.41, 5.74) is 0. The lowest BCUT2D eigenvalue weighted by atomic mass is 10.1. The van der Waals surface area contributed by atoms with E-state index in [9.17, 15) is 8.42 Å². The van der Waals surface area contributed by atoms with E-state index in [1.54, 1.807) is 0 Å². The predicted molar refractivity (Wildman–Crippen MR) is 56.0 cm³/mol. The van der Waals surface area contributed by atoms with Crippen LogP contribution in [0.15, 0.2) is 0 Å². The van der Waals surface area contributed by atoms with E-state index in [1.165, 1.54) is 0 Å². The third-order valence-corrected chi connectivity index (χ3v) is 4.37. The van der Waals surface area contributed by atoms with E-state index in [-0.39, 0.29) is 24.4 Å². The highest BCUT2D eigenvalue weighted by atomic mass is 32.2. The Balaban J connectivity index is 2.38. The van der Waals surface area contributed by atoms with Crippen LogP contribution in [0, 0.1) is 0 Å². The summed E-state index contributed by atoms with van der Waals surface area (Å²) in [6, 6.07) is 0.272. The maximum atomic E-state index is 11.3. The van der Waals surface area contributed by atoms with Gasteiger partial charge in [0.15, 0.2) is 9.84 Å². The summed E-state index contributed by atoms with van der Waals surface area (Å²) in [5.74, 6) is 0.586. The van der Waals surface area contributed by atoms with Crippen LogP contribution in [0.2, 0.25) is 0 Å². The summed E-state index contributed by atoms with van der Waals surface area (Å²) >= 11 is 0. The van der Waals surface area contributed by atoms with Crippen molar-refractivity contribution in [1.82, 2.24) is 5.32 Å². The molecule has 1 heterocycles. The van der Waals surface area contributed by atoms with Crippen molar-refractivity contribution in [2.45, 2.75) is 38.3 Å². The fourth-order valence-corrected chi connectivity index (χ4v) is 3.48. The summed E-state index contributed by atoms with van der Waals surface area (Å²) in [4.78, 5) is 0. The molecule has 0 saturated carbocycles. The molecule has 0 radical (unpaired) electrons. The Hall–Kier alpha value is -0.130. The molecule has 4 nitrogen and oxygen atoms in total. The van der Waals surface area contributed by atoms with Gasteiger partial charge >= 0.3 is 0 Å². The van der Waals surface area contributed by atoms with Gasteiger partial charge in [-0.3, -0.25) is 0 Å². The number of aliphatic hydroxyl groups excluding tert-OH is 1. The molecule has 0 bridgehead atoms. The lowest BCUT2D eigenvalue weighted by molar-refractivity contribution is 0.262. The molecule has 0 aromatic heterocycles. The van der Waals surface area contributed by atoms with Gasteiger partial charge in [-0.25, -0.2) is 8.42 Å². The van der Waals surface area contributed by atoms with E-state index in [1.807, 2.05) is 6.92 Å². The highest BCUT2D eigenvalue weighted by molar-refractivity contribution is 7.91. The Morgan fingerprint density at radius 2 is 2.29 bits per heavy atom. The van der Waals surface area contributed by atoms with Crippen molar-refractivity contribution in [1.29, 1.82) is 0 Å². The second-order valence-electron chi connectivity index (χ2n) is 4.03. The minimum absolute atomic E-state index is 0.0790. The van der Waals surface area contributed by atoms with E-state index in [0.29, 0.717) is 12.2 Å². The van der Waals surface area contributed by atoms with Crippen molar-refractivity contribution in [3.8, 4) is 0 Å². The zero-order valence-electron chi connectivity index (χ0n) is 8.57. The summed E-state index contributed by atoms with van der Waals surface area (Å²) in [5, 5.41) is 11.9. The van der Waals surface area contributed by atoms with E-state index < -0.39 is 9.84 Å². The number of hydrogen-bond acceptors (Lipinski definition) is 4. The molecule has 0 amide bonds. The van der Waals surface area contributed by atoms with Crippen molar-refractivity contribution in [3.05, 3.63) is 0 Å². The predicted octanol–water partition coefficient (Wildman–Crippen LogP) is -0.0759. The molecule has 0 aromatic rings. The van der Waals surface area contributed by atoms with Gasteiger partial charge in [-0.15, -0.1) is 0 Å². The van der Waals surface area contributed by atoms with Gasteiger partial charge in [0.05, 0.1) is 11.5 Å². The van der Waals surface area contributed by atoms with E-state index >= 15 is 0 Å². The molecule has 1 aliphatic rings. The smallest absolute Gasteiger partial charge is 0.151 e. The molecule has 1 fully saturated rings. The first kappa shape index (κ1) is 11.9. The average Bonchev–Trinajstić information content (AvgIpc) is 2.02. The molecule has 5 heteroatoms. The average molecular weight is 221 g/mol. The van der Waals surface area contributed by atoms with E-state index in [0.717, 1.165) is 12.8 Å². The van der Waals surface area contributed by atoms with Gasteiger partial charge in [0.2, 0.25) is 0 Å². The van der Waals surface area contributed by atoms with Crippen LogP contribution >= 0.6 is 0 Å². The molecule has 0 spiro atoms. The van der Waals surface area contributed by atoms with E-state index in [4.69, 9.17) is 5.11 Å². The van der Waals surface area contributed by atoms with Gasteiger partial charge in [0, 0.05) is 18.7 Å². The van der Waals surface area contributed by atoms with E-state index in [2.05, 4.69) is 5.32 Å². The first-order valence-electron chi connectivity index (χ1n) is 5.11. The number of nitrogens with one attached hydrogen (secondary N) is 1. The molecule has 2 unspecified atom stereocenters. The van der Waals surface area contributed by atoms with Gasteiger partial charge in [0.1, 0.15) is 0 Å². The molecular formula is C9H19NO3S. The Labute approximate surface area is 85.6 Å². The van der Waals surface area contributed by atoms with Crippen LogP contribution in [-0.2, 0) is 9.84 Å². The minimum Gasteiger partial charge on any atom is -0.396 e. The van der Waals surface area contributed by atoms with Gasteiger partial charge in [-0.05, 0) is 26.2 Å². The summed E-state index contributed by atoms with van der Waals surface area (Å²) in [6.07, 6.45) is 2.36. The topological polar surface area (TPSA) is 66.4 Å². The molecular weight excluding hydrogens is 202 g/mol. The lowest BCUT2D eigenvalue weighted by Crippen LogP contribution is -2.44. The zero-order chi connectivity index (χ0) is 10.6. The summed E-state index contributed by atoms with van der Waals surface area (Å²) in [7, 11) is -2.82. The normalized spacial score (nSPS) is 28.6. The SMILES string of the molecule is CC(CCO)NC1CCCS(=O)(=O)C1. The van der Waals surface area contributed by atoms with Crippen molar-refractivity contribution < 1.29 is 13.5 Å². The maximum Gasteiger partial charge on any atom is 0.151 e. The van der Waals surface area contributed by atoms with Gasteiger partial charge in [-0.1, -0.05) is 0 Å². The largest absolute Gasteiger partial charge is 0.396 e. The van der Waals surface area contributed by atoms with Crippen molar-refractivity contribution in [2.24, 2.45) is 0 Å². The number of hydrogen-bond donors (Lipinski definition) is 2. The zero-order valence-corrected chi connectivity index (χ0v) is 9.39. The summed E-state index contributed by atoms with van der Waals surface area (Å²) in [6.45, 7) is 2.12. The second kappa shape index (κ2) is 5.09. The van der Waals surface area contributed by atoms with Gasteiger partial charge in [0.25, 0.3) is 0 Å². The monoisotopic (exact) mass is 221 g/mol. The second-order valence-corrected chi connectivity index (χ2v) is 6.26. The Kier molecular flexibility index (Phi) is 4.34. The first-order valence-corrected chi connectivity index (χ1v) is 6.93. The van der Waals surface area contributed by atoms with Crippen LogP contribution in [-0.4, -0.2) is 43.7 Å². The molecule has 2 atom stereocenters. The molecule has 84 valence electrons. The van der Waals surface area contributed by atoms with Gasteiger partial charge in [-0.2, -0.15) is 0 Å². The fourth-order valence-electron chi connectivity index (χ4n) is 1.83. The highest BCUT2D eigenvalue weighted by Gasteiger charge is 2.25. The Morgan fingerprint density at radius 3 is 2.86 bits per heavy atom. The summed E-state index contributed by atoms with van der Waals surface area (Å²) < 4.78 is 22.6. The third-order valence-electron chi connectivity index (χ3n) is 2.55.